The maximum absolute atomic E-state index is 12.9. The Morgan fingerprint density at radius 3 is 2.58 bits per heavy atom. The Kier molecular flexibility index (Phi) is 5.75. The monoisotopic (exact) mass is 360 g/mol. The summed E-state index contributed by atoms with van der Waals surface area (Å²) in [7, 11) is 0. The molecule has 1 aromatic rings. The van der Waals surface area contributed by atoms with Gasteiger partial charge in [-0.2, -0.15) is 0 Å². The maximum Gasteiger partial charge on any atom is 0.408 e. The molecule has 2 aliphatic rings. The molecule has 140 valence electrons. The van der Waals surface area contributed by atoms with Gasteiger partial charge in [0.15, 0.2) is 0 Å². The van der Waals surface area contributed by atoms with Gasteiger partial charge in [0.2, 0.25) is 5.91 Å². The van der Waals surface area contributed by atoms with Gasteiger partial charge in [0.25, 0.3) is 0 Å². The summed E-state index contributed by atoms with van der Waals surface area (Å²) < 4.78 is 5.20. The molecule has 0 bridgehead atoms. The number of carbonyl (C=O) groups is 3. The van der Waals surface area contributed by atoms with Crippen LogP contribution in [0.4, 0.5) is 4.79 Å². The molecule has 3 rings (SSSR count). The fourth-order valence-corrected chi connectivity index (χ4v) is 3.82. The highest BCUT2D eigenvalue weighted by Gasteiger charge is 2.43. The van der Waals surface area contributed by atoms with Crippen molar-refractivity contribution >= 4 is 18.0 Å². The number of hydrogen-bond donors (Lipinski definition) is 2. The predicted molar refractivity (Wildman–Crippen MR) is 93.3 cm³/mol. The first kappa shape index (κ1) is 18.2. The number of nitrogens with one attached hydrogen (secondary N) is 1. The molecule has 2 amide bonds. The first-order valence-electron chi connectivity index (χ1n) is 9.08. The van der Waals surface area contributed by atoms with E-state index in [0.717, 1.165) is 24.8 Å². The number of carbonyl (C=O) groups excluding carboxylic acids is 2. The van der Waals surface area contributed by atoms with Crippen LogP contribution < -0.4 is 5.32 Å². The molecule has 7 nitrogen and oxygen atoms in total. The molecule has 26 heavy (non-hydrogen) atoms. The van der Waals surface area contributed by atoms with Crippen molar-refractivity contribution in [3.63, 3.8) is 0 Å². The number of carboxylic acid groups (broad SMARTS) is 1. The van der Waals surface area contributed by atoms with Crippen molar-refractivity contribution in [2.75, 3.05) is 0 Å². The predicted octanol–water partition coefficient (Wildman–Crippen LogP) is 2.30. The van der Waals surface area contributed by atoms with Gasteiger partial charge >= 0.3 is 12.1 Å². The number of aliphatic carboxylic acids is 1. The lowest BCUT2D eigenvalue weighted by atomic mass is 9.99. The maximum atomic E-state index is 12.9. The van der Waals surface area contributed by atoms with Crippen molar-refractivity contribution in [3.05, 3.63) is 35.9 Å². The van der Waals surface area contributed by atoms with Crippen LogP contribution in [0.2, 0.25) is 0 Å². The number of amides is 2. The highest BCUT2D eigenvalue weighted by Crippen LogP contribution is 2.31. The third kappa shape index (κ3) is 4.15. The largest absolute Gasteiger partial charge is 0.480 e. The summed E-state index contributed by atoms with van der Waals surface area (Å²) in [6.07, 6.45) is 3.56. The van der Waals surface area contributed by atoms with Crippen LogP contribution in [0.3, 0.4) is 0 Å². The summed E-state index contributed by atoms with van der Waals surface area (Å²) in [6, 6.07) is 7.70. The Hall–Kier alpha value is -2.57. The molecule has 0 spiro atoms. The molecule has 2 saturated heterocycles. The van der Waals surface area contributed by atoms with Crippen LogP contribution in [0.1, 0.15) is 44.1 Å². The third-order valence-corrected chi connectivity index (χ3v) is 5.13. The Bertz CT molecular complexity index is 663. The molecule has 2 fully saturated rings. The number of hydrogen-bond acceptors (Lipinski definition) is 4. The van der Waals surface area contributed by atoms with Gasteiger partial charge in [-0.3, -0.25) is 4.79 Å². The van der Waals surface area contributed by atoms with Crippen molar-refractivity contribution in [2.24, 2.45) is 0 Å². The zero-order chi connectivity index (χ0) is 18.5. The standard InChI is InChI=1S/C19H24N2O5/c22-17-15(20-19(25)26-12-13-6-2-1-3-7-13)9-5-4-8-14-10-11-16(18(23)24)21(14)17/h1-3,6-7,14-16H,4-5,8-12H2,(H,20,25)(H,23,24)/t14-,15-,16-/m0/s1. The molecular weight excluding hydrogens is 336 g/mol. The number of rotatable bonds is 4. The molecule has 7 heteroatoms. The average molecular weight is 360 g/mol. The number of benzene rings is 1. The van der Waals surface area contributed by atoms with Gasteiger partial charge in [-0.05, 0) is 31.2 Å². The zero-order valence-electron chi connectivity index (χ0n) is 14.6. The van der Waals surface area contributed by atoms with E-state index in [2.05, 4.69) is 5.32 Å². The minimum absolute atomic E-state index is 0.0476. The third-order valence-electron chi connectivity index (χ3n) is 5.13. The zero-order valence-corrected chi connectivity index (χ0v) is 14.6. The van der Waals surface area contributed by atoms with Gasteiger partial charge in [0.05, 0.1) is 0 Å². The smallest absolute Gasteiger partial charge is 0.408 e. The lowest BCUT2D eigenvalue weighted by Crippen LogP contribution is -2.54. The SMILES string of the molecule is O=C(N[C@H]1CCCC[C@H]2CC[C@@H](C(=O)O)N2C1=O)OCc1ccccc1. The summed E-state index contributed by atoms with van der Waals surface area (Å²) in [4.78, 5) is 38.0. The van der Waals surface area contributed by atoms with E-state index in [1.54, 1.807) is 0 Å². The molecule has 0 unspecified atom stereocenters. The van der Waals surface area contributed by atoms with Crippen molar-refractivity contribution in [1.29, 1.82) is 0 Å². The molecule has 0 radical (unpaired) electrons. The number of carboxylic acids is 1. The molecule has 0 saturated carbocycles. The Morgan fingerprint density at radius 2 is 1.85 bits per heavy atom. The van der Waals surface area contributed by atoms with Crippen LogP contribution >= 0.6 is 0 Å². The lowest BCUT2D eigenvalue weighted by Gasteiger charge is -2.34. The molecule has 2 aliphatic heterocycles. The minimum atomic E-state index is -0.980. The molecule has 0 aromatic heterocycles. The van der Waals surface area contributed by atoms with Crippen molar-refractivity contribution in [1.82, 2.24) is 10.2 Å². The molecule has 1 aromatic carbocycles. The van der Waals surface area contributed by atoms with Gasteiger partial charge in [-0.25, -0.2) is 9.59 Å². The van der Waals surface area contributed by atoms with Crippen molar-refractivity contribution in [3.8, 4) is 0 Å². The van der Waals surface area contributed by atoms with Crippen LogP contribution in [-0.2, 0) is 20.9 Å². The summed E-state index contributed by atoms with van der Waals surface area (Å²) in [5, 5.41) is 12.0. The van der Waals surface area contributed by atoms with Gasteiger partial charge < -0.3 is 20.1 Å². The topological polar surface area (TPSA) is 95.9 Å². The van der Waals surface area contributed by atoms with E-state index in [-0.39, 0.29) is 18.6 Å². The highest BCUT2D eigenvalue weighted by molar-refractivity contribution is 5.90. The van der Waals surface area contributed by atoms with Crippen molar-refractivity contribution < 1.29 is 24.2 Å². The summed E-state index contributed by atoms with van der Waals surface area (Å²) >= 11 is 0. The van der Waals surface area contributed by atoms with Gasteiger partial charge in [-0.15, -0.1) is 0 Å². The van der Waals surface area contributed by atoms with E-state index in [0.29, 0.717) is 19.3 Å². The molecule has 3 atom stereocenters. The van der Waals surface area contributed by atoms with E-state index >= 15 is 0 Å². The van der Waals surface area contributed by atoms with Crippen LogP contribution in [0.5, 0.6) is 0 Å². The quantitative estimate of drug-likeness (QED) is 0.859. The average Bonchev–Trinajstić information content (AvgIpc) is 3.05. The first-order valence-corrected chi connectivity index (χ1v) is 9.08. The second kappa shape index (κ2) is 8.21. The fourth-order valence-electron chi connectivity index (χ4n) is 3.82. The Balaban J connectivity index is 1.63. The molecular formula is C19H24N2O5. The summed E-state index contributed by atoms with van der Waals surface area (Å²) in [6.45, 7) is 0.123. The van der Waals surface area contributed by atoms with Crippen LogP contribution in [0.25, 0.3) is 0 Å². The lowest BCUT2D eigenvalue weighted by molar-refractivity contribution is -0.151. The Labute approximate surface area is 152 Å². The van der Waals surface area contributed by atoms with Gasteiger partial charge in [0, 0.05) is 6.04 Å². The molecule has 2 N–H and O–H groups in total. The number of fused-ring (bicyclic) bond motifs is 1. The number of ether oxygens (including phenoxy) is 1. The second-order valence-corrected chi connectivity index (χ2v) is 6.87. The Morgan fingerprint density at radius 1 is 1.12 bits per heavy atom. The van der Waals surface area contributed by atoms with Crippen LogP contribution in [0, 0.1) is 0 Å². The van der Waals surface area contributed by atoms with Crippen molar-refractivity contribution in [2.45, 2.75) is 63.3 Å². The molecule has 2 heterocycles. The van der Waals surface area contributed by atoms with E-state index in [9.17, 15) is 19.5 Å². The van der Waals surface area contributed by atoms with E-state index in [4.69, 9.17) is 4.74 Å². The highest BCUT2D eigenvalue weighted by atomic mass is 16.5. The number of alkyl carbamates (subject to hydrolysis) is 1. The first-order chi connectivity index (χ1) is 12.6. The van der Waals surface area contributed by atoms with E-state index in [1.165, 1.54) is 4.90 Å². The van der Waals surface area contributed by atoms with E-state index < -0.39 is 24.1 Å². The molecule has 0 aliphatic carbocycles. The van der Waals surface area contributed by atoms with Gasteiger partial charge in [-0.1, -0.05) is 43.2 Å². The number of nitrogens with zero attached hydrogens (tertiary/aromatic N) is 1. The normalized spacial score (nSPS) is 25.8. The summed E-state index contributed by atoms with van der Waals surface area (Å²) in [5.74, 6) is -1.29. The van der Waals surface area contributed by atoms with E-state index in [1.807, 2.05) is 30.3 Å². The van der Waals surface area contributed by atoms with Gasteiger partial charge in [0.1, 0.15) is 18.7 Å². The minimum Gasteiger partial charge on any atom is -0.480 e. The van der Waals surface area contributed by atoms with Crippen LogP contribution in [-0.4, -0.2) is 46.1 Å². The second-order valence-electron chi connectivity index (χ2n) is 6.87. The summed E-state index contributed by atoms with van der Waals surface area (Å²) in [5.41, 5.74) is 0.859. The van der Waals surface area contributed by atoms with Crippen LogP contribution in [0.15, 0.2) is 30.3 Å². The fraction of sp³-hybridized carbons (Fsp3) is 0.526.